The first-order valence-corrected chi connectivity index (χ1v) is 4.18. The van der Waals surface area contributed by atoms with Crippen LogP contribution in [0.2, 0.25) is 0 Å². The molecule has 1 rings (SSSR count). The minimum Gasteiger partial charge on any atom is -0.325 e. The van der Waals surface area contributed by atoms with Crippen LogP contribution in [0.3, 0.4) is 0 Å². The van der Waals surface area contributed by atoms with Crippen molar-refractivity contribution in [2.45, 2.75) is 39.2 Å². The number of rotatable bonds is 0. The van der Waals surface area contributed by atoms with Gasteiger partial charge in [0.05, 0.1) is 0 Å². The van der Waals surface area contributed by atoms with E-state index in [1.165, 1.54) is 11.1 Å². The van der Waals surface area contributed by atoms with Gasteiger partial charge in [-0.05, 0) is 44.8 Å². The number of hydrogen-bond donors (Lipinski definition) is 1. The van der Waals surface area contributed by atoms with Crippen molar-refractivity contribution in [3.05, 3.63) is 23.3 Å². The molecule has 0 aromatic heterocycles. The molecule has 1 nitrogen and oxygen atoms in total. The quantitative estimate of drug-likeness (QED) is 0.565. The van der Waals surface area contributed by atoms with Gasteiger partial charge in [0, 0.05) is 5.54 Å². The van der Waals surface area contributed by atoms with Gasteiger partial charge in [-0.2, -0.15) is 0 Å². The molecule has 11 heavy (non-hydrogen) atoms. The lowest BCUT2D eigenvalue weighted by Crippen LogP contribution is -2.31. The second-order valence-electron chi connectivity index (χ2n) is 3.64. The van der Waals surface area contributed by atoms with Crippen LogP contribution in [0.25, 0.3) is 0 Å². The zero-order valence-corrected chi connectivity index (χ0v) is 7.65. The summed E-state index contributed by atoms with van der Waals surface area (Å²) in [5.41, 5.74) is 8.89. The fourth-order valence-electron chi connectivity index (χ4n) is 1.73. The second-order valence-corrected chi connectivity index (χ2v) is 3.64. The molecule has 2 N–H and O–H groups in total. The van der Waals surface area contributed by atoms with Crippen LogP contribution in [-0.2, 0) is 0 Å². The molecule has 1 aliphatic carbocycles. The van der Waals surface area contributed by atoms with Gasteiger partial charge in [-0.3, -0.25) is 0 Å². The third-order valence-corrected chi connectivity index (χ3v) is 2.30. The average Bonchev–Trinajstić information content (AvgIpc) is 2.25. The Labute approximate surface area is 69.0 Å². The van der Waals surface area contributed by atoms with Crippen molar-refractivity contribution in [3.8, 4) is 0 Å². The molecule has 0 aromatic rings. The van der Waals surface area contributed by atoms with Gasteiger partial charge in [-0.15, -0.1) is 0 Å². The first kappa shape index (κ1) is 8.54. The molecule has 0 aromatic carbocycles. The van der Waals surface area contributed by atoms with E-state index in [-0.39, 0.29) is 5.54 Å². The monoisotopic (exact) mass is 151 g/mol. The first-order valence-electron chi connectivity index (χ1n) is 4.18. The minimum atomic E-state index is 0.00366. The average molecular weight is 151 g/mol. The van der Waals surface area contributed by atoms with Crippen LogP contribution in [0.5, 0.6) is 0 Å². The van der Waals surface area contributed by atoms with Gasteiger partial charge in [0.1, 0.15) is 0 Å². The third-order valence-electron chi connectivity index (χ3n) is 2.30. The summed E-state index contributed by atoms with van der Waals surface area (Å²) in [6.45, 7) is 6.29. The Kier molecular flexibility index (Phi) is 2.19. The molecule has 0 heterocycles. The lowest BCUT2D eigenvalue weighted by atomic mass is 10.0. The van der Waals surface area contributed by atoms with Crippen molar-refractivity contribution in [1.82, 2.24) is 0 Å². The van der Waals surface area contributed by atoms with Crippen LogP contribution >= 0.6 is 0 Å². The van der Waals surface area contributed by atoms with Crippen molar-refractivity contribution in [3.63, 3.8) is 0 Å². The highest BCUT2D eigenvalue weighted by molar-refractivity contribution is 5.38. The Morgan fingerprint density at radius 1 is 1.18 bits per heavy atom. The van der Waals surface area contributed by atoms with Gasteiger partial charge >= 0.3 is 0 Å². The molecule has 0 amide bonds. The molecule has 1 saturated carbocycles. The molecule has 0 radical (unpaired) electrons. The normalized spacial score (nSPS) is 30.2. The van der Waals surface area contributed by atoms with Crippen LogP contribution in [0, 0.1) is 0 Å². The summed E-state index contributed by atoms with van der Waals surface area (Å²) in [5, 5.41) is 0. The standard InChI is InChI=1S/C10H17N/c1-4-8-6-10(3,11)7-9(8)5-2/h4-5H,6-7,11H2,1-3H3/b8-4-,9-5-. The second kappa shape index (κ2) is 2.82. The number of allylic oxidation sites excluding steroid dienone is 2. The Morgan fingerprint density at radius 3 is 1.82 bits per heavy atom. The molecule has 1 fully saturated rings. The van der Waals surface area contributed by atoms with E-state index in [0.717, 1.165) is 12.8 Å². The van der Waals surface area contributed by atoms with Crippen molar-refractivity contribution in [1.29, 1.82) is 0 Å². The van der Waals surface area contributed by atoms with E-state index < -0.39 is 0 Å². The van der Waals surface area contributed by atoms with Gasteiger partial charge in [0.2, 0.25) is 0 Å². The Morgan fingerprint density at radius 2 is 1.55 bits per heavy atom. The maximum absolute atomic E-state index is 6.03. The lowest BCUT2D eigenvalue weighted by molar-refractivity contribution is 0.508. The molecule has 62 valence electrons. The maximum atomic E-state index is 6.03. The Bertz CT molecular complexity index is 187. The fraction of sp³-hybridized carbons (Fsp3) is 0.600. The maximum Gasteiger partial charge on any atom is 0.0207 e. The molecular formula is C10H17N. The van der Waals surface area contributed by atoms with Crippen molar-refractivity contribution >= 4 is 0 Å². The van der Waals surface area contributed by atoms with Crippen LogP contribution in [-0.4, -0.2) is 5.54 Å². The van der Waals surface area contributed by atoms with E-state index in [2.05, 4.69) is 32.9 Å². The van der Waals surface area contributed by atoms with E-state index in [0.29, 0.717) is 0 Å². The summed E-state index contributed by atoms with van der Waals surface area (Å²) < 4.78 is 0. The molecule has 1 heteroatoms. The van der Waals surface area contributed by atoms with Gasteiger partial charge in [-0.1, -0.05) is 12.2 Å². The largest absolute Gasteiger partial charge is 0.325 e. The first-order chi connectivity index (χ1) is 5.09. The summed E-state index contributed by atoms with van der Waals surface area (Å²) in [5.74, 6) is 0. The molecule has 0 spiro atoms. The van der Waals surface area contributed by atoms with Crippen molar-refractivity contribution in [2.75, 3.05) is 0 Å². The van der Waals surface area contributed by atoms with Gasteiger partial charge < -0.3 is 5.73 Å². The zero-order valence-electron chi connectivity index (χ0n) is 7.65. The Balaban J connectivity index is 2.88. The van der Waals surface area contributed by atoms with E-state index in [1.807, 2.05) is 0 Å². The fourth-order valence-corrected chi connectivity index (χ4v) is 1.73. The van der Waals surface area contributed by atoms with E-state index in [1.54, 1.807) is 0 Å². The van der Waals surface area contributed by atoms with Gasteiger partial charge in [0.25, 0.3) is 0 Å². The Hall–Kier alpha value is -0.560. The SMILES string of the molecule is C/C=C1/CC(C)(N)C/C1=C/C. The summed E-state index contributed by atoms with van der Waals surface area (Å²) in [6.07, 6.45) is 6.41. The summed E-state index contributed by atoms with van der Waals surface area (Å²) in [4.78, 5) is 0. The topological polar surface area (TPSA) is 26.0 Å². The summed E-state index contributed by atoms with van der Waals surface area (Å²) in [6, 6.07) is 0. The van der Waals surface area contributed by atoms with Crippen LogP contribution < -0.4 is 5.73 Å². The van der Waals surface area contributed by atoms with Crippen LogP contribution in [0.1, 0.15) is 33.6 Å². The van der Waals surface area contributed by atoms with E-state index in [4.69, 9.17) is 5.73 Å². The predicted octanol–water partition coefficient (Wildman–Crippen LogP) is 2.39. The van der Waals surface area contributed by atoms with E-state index in [9.17, 15) is 0 Å². The minimum absolute atomic E-state index is 0.00366. The van der Waals surface area contributed by atoms with Gasteiger partial charge in [0.15, 0.2) is 0 Å². The smallest absolute Gasteiger partial charge is 0.0207 e. The lowest BCUT2D eigenvalue weighted by Gasteiger charge is -2.14. The zero-order chi connectivity index (χ0) is 8.48. The molecule has 0 atom stereocenters. The molecular weight excluding hydrogens is 134 g/mol. The summed E-state index contributed by atoms with van der Waals surface area (Å²) in [7, 11) is 0. The number of hydrogen-bond acceptors (Lipinski definition) is 1. The van der Waals surface area contributed by atoms with Crippen LogP contribution in [0.4, 0.5) is 0 Å². The van der Waals surface area contributed by atoms with Gasteiger partial charge in [-0.25, -0.2) is 0 Å². The highest BCUT2D eigenvalue weighted by Gasteiger charge is 2.29. The van der Waals surface area contributed by atoms with Crippen LogP contribution in [0.15, 0.2) is 23.3 Å². The third kappa shape index (κ3) is 1.72. The van der Waals surface area contributed by atoms with E-state index >= 15 is 0 Å². The van der Waals surface area contributed by atoms with Crippen molar-refractivity contribution < 1.29 is 0 Å². The molecule has 1 aliphatic rings. The highest BCUT2D eigenvalue weighted by Crippen LogP contribution is 2.36. The molecule has 0 unspecified atom stereocenters. The number of nitrogens with two attached hydrogens (primary N) is 1. The molecule has 0 bridgehead atoms. The summed E-state index contributed by atoms with van der Waals surface area (Å²) >= 11 is 0. The molecule has 0 saturated heterocycles. The predicted molar refractivity (Wildman–Crippen MR) is 49.3 cm³/mol. The molecule has 0 aliphatic heterocycles. The highest BCUT2D eigenvalue weighted by atomic mass is 14.7. The van der Waals surface area contributed by atoms with Crippen molar-refractivity contribution in [2.24, 2.45) is 5.73 Å².